The van der Waals surface area contributed by atoms with E-state index in [-0.39, 0.29) is 5.82 Å². The number of benzene rings is 2. The summed E-state index contributed by atoms with van der Waals surface area (Å²) in [4.78, 5) is 3.11. The molecule has 0 spiro atoms. The van der Waals surface area contributed by atoms with Crippen LogP contribution in [0.1, 0.15) is 12.5 Å². The molecule has 0 saturated carbocycles. The van der Waals surface area contributed by atoms with Crippen LogP contribution in [0.3, 0.4) is 0 Å². The molecule has 0 aliphatic carbocycles. The summed E-state index contributed by atoms with van der Waals surface area (Å²) < 4.78 is 21.9. The first-order valence-corrected chi connectivity index (χ1v) is 7.15. The minimum atomic E-state index is -0.306. The number of H-pyrrole nitrogens is 1. The van der Waals surface area contributed by atoms with Crippen LogP contribution in [0.15, 0.2) is 36.4 Å². The minimum absolute atomic E-state index is 0.306. The Bertz CT molecular complexity index is 866. The van der Waals surface area contributed by atoms with E-state index < -0.39 is 0 Å². The summed E-state index contributed by atoms with van der Waals surface area (Å²) in [6.45, 7) is 4.40. The van der Waals surface area contributed by atoms with Crippen molar-refractivity contribution in [1.29, 1.82) is 0 Å². The Morgan fingerprint density at radius 1 is 1.29 bits per heavy atom. The molecule has 0 aliphatic heterocycles. The number of aromatic amines is 1. The summed E-state index contributed by atoms with van der Waals surface area (Å²) in [5.41, 5.74) is 3.00. The van der Waals surface area contributed by atoms with Gasteiger partial charge >= 0.3 is 0 Å². The number of fused-ring (bicyclic) bond motifs is 1. The highest BCUT2D eigenvalue weighted by molar-refractivity contribution is 7.71. The first-order chi connectivity index (χ1) is 10.1. The maximum absolute atomic E-state index is 14.2. The zero-order valence-electron chi connectivity index (χ0n) is 11.8. The van der Waals surface area contributed by atoms with Gasteiger partial charge in [-0.05, 0) is 55.9 Å². The highest BCUT2D eigenvalue weighted by Crippen LogP contribution is 2.28. The van der Waals surface area contributed by atoms with Crippen LogP contribution in [0.2, 0.25) is 0 Å². The first-order valence-electron chi connectivity index (χ1n) is 6.75. The number of halogens is 1. The SMILES string of the molecule is CCOc1cccc2c1[nH]c(=S)n2-c1cc(C)ccc1F. The Balaban J connectivity index is 2.33. The third kappa shape index (κ3) is 2.34. The molecule has 0 unspecified atom stereocenters. The molecule has 0 saturated heterocycles. The van der Waals surface area contributed by atoms with Crippen molar-refractivity contribution in [3.63, 3.8) is 0 Å². The van der Waals surface area contributed by atoms with Gasteiger partial charge in [0.15, 0.2) is 4.77 Å². The van der Waals surface area contributed by atoms with Crippen LogP contribution in [-0.4, -0.2) is 16.2 Å². The lowest BCUT2D eigenvalue weighted by Crippen LogP contribution is -1.98. The van der Waals surface area contributed by atoms with Crippen molar-refractivity contribution >= 4 is 23.3 Å². The van der Waals surface area contributed by atoms with E-state index >= 15 is 0 Å². The number of hydrogen-bond acceptors (Lipinski definition) is 2. The van der Waals surface area contributed by atoms with Crippen molar-refractivity contribution in [1.82, 2.24) is 9.55 Å². The van der Waals surface area contributed by atoms with Crippen molar-refractivity contribution in [2.45, 2.75) is 13.8 Å². The number of rotatable bonds is 3. The number of aryl methyl sites for hydroxylation is 1. The largest absolute Gasteiger partial charge is 0.492 e. The molecule has 5 heteroatoms. The topological polar surface area (TPSA) is 29.9 Å². The van der Waals surface area contributed by atoms with Gasteiger partial charge in [-0.25, -0.2) is 4.39 Å². The molecule has 0 bridgehead atoms. The van der Waals surface area contributed by atoms with E-state index in [0.717, 1.165) is 16.6 Å². The smallest absolute Gasteiger partial charge is 0.182 e. The van der Waals surface area contributed by atoms with Gasteiger partial charge in [-0.1, -0.05) is 12.1 Å². The van der Waals surface area contributed by atoms with Gasteiger partial charge in [0.1, 0.15) is 17.1 Å². The van der Waals surface area contributed by atoms with Gasteiger partial charge in [0.05, 0.1) is 17.8 Å². The Hall–Kier alpha value is -2.14. The lowest BCUT2D eigenvalue weighted by atomic mass is 10.2. The number of para-hydroxylation sites is 1. The molecule has 3 rings (SSSR count). The fraction of sp³-hybridized carbons (Fsp3) is 0.188. The molecule has 1 heterocycles. The third-order valence-electron chi connectivity index (χ3n) is 3.32. The molecule has 0 fully saturated rings. The van der Waals surface area contributed by atoms with Crippen LogP contribution in [0.4, 0.5) is 4.39 Å². The van der Waals surface area contributed by atoms with E-state index in [4.69, 9.17) is 17.0 Å². The summed E-state index contributed by atoms with van der Waals surface area (Å²) in [6, 6.07) is 10.6. The number of imidazole rings is 1. The highest BCUT2D eigenvalue weighted by Gasteiger charge is 2.13. The second kappa shape index (κ2) is 5.33. The molecular formula is C16H15FN2OS. The summed E-state index contributed by atoms with van der Waals surface area (Å²) in [6.07, 6.45) is 0. The molecule has 3 aromatic rings. The predicted octanol–water partition coefficient (Wildman–Crippen LogP) is 4.53. The van der Waals surface area contributed by atoms with Crippen molar-refractivity contribution < 1.29 is 9.13 Å². The number of hydrogen-bond donors (Lipinski definition) is 1. The fourth-order valence-corrected chi connectivity index (χ4v) is 2.71. The van der Waals surface area contributed by atoms with E-state index in [1.807, 2.05) is 32.0 Å². The summed E-state index contributed by atoms with van der Waals surface area (Å²) in [5.74, 6) is 0.410. The van der Waals surface area contributed by atoms with Gasteiger partial charge in [0.2, 0.25) is 0 Å². The van der Waals surface area contributed by atoms with Crippen molar-refractivity contribution in [2.24, 2.45) is 0 Å². The van der Waals surface area contributed by atoms with Crippen molar-refractivity contribution in [3.05, 3.63) is 52.5 Å². The highest BCUT2D eigenvalue weighted by atomic mass is 32.1. The quantitative estimate of drug-likeness (QED) is 0.720. The zero-order chi connectivity index (χ0) is 15.0. The average molecular weight is 302 g/mol. The lowest BCUT2D eigenvalue weighted by Gasteiger charge is -2.08. The predicted molar refractivity (Wildman–Crippen MR) is 84.3 cm³/mol. The molecule has 1 aromatic heterocycles. The van der Waals surface area contributed by atoms with Gasteiger partial charge in [-0.15, -0.1) is 0 Å². The third-order valence-corrected chi connectivity index (χ3v) is 3.61. The molecule has 108 valence electrons. The summed E-state index contributed by atoms with van der Waals surface area (Å²) >= 11 is 5.37. The minimum Gasteiger partial charge on any atom is -0.492 e. The first kappa shape index (κ1) is 13.8. The fourth-order valence-electron chi connectivity index (χ4n) is 2.41. The molecule has 0 aliphatic rings. The lowest BCUT2D eigenvalue weighted by molar-refractivity contribution is 0.343. The summed E-state index contributed by atoms with van der Waals surface area (Å²) in [5, 5.41) is 0. The number of nitrogens with one attached hydrogen (secondary N) is 1. The van der Waals surface area contributed by atoms with Gasteiger partial charge in [0.25, 0.3) is 0 Å². The van der Waals surface area contributed by atoms with E-state index in [2.05, 4.69) is 4.98 Å². The number of aromatic nitrogens is 2. The maximum Gasteiger partial charge on any atom is 0.182 e. The van der Waals surface area contributed by atoms with E-state index in [9.17, 15) is 4.39 Å². The van der Waals surface area contributed by atoms with E-state index in [1.54, 1.807) is 16.7 Å². The monoisotopic (exact) mass is 302 g/mol. The van der Waals surface area contributed by atoms with Crippen LogP contribution in [0, 0.1) is 17.5 Å². The second-order valence-corrected chi connectivity index (χ2v) is 5.19. The molecule has 2 aromatic carbocycles. The second-order valence-electron chi connectivity index (χ2n) is 4.80. The maximum atomic E-state index is 14.2. The summed E-state index contributed by atoms with van der Waals surface area (Å²) in [7, 11) is 0. The van der Waals surface area contributed by atoms with Crippen LogP contribution >= 0.6 is 12.2 Å². The Kier molecular flexibility index (Phi) is 3.51. The molecule has 21 heavy (non-hydrogen) atoms. The Morgan fingerprint density at radius 2 is 2.10 bits per heavy atom. The zero-order valence-corrected chi connectivity index (χ0v) is 12.6. The number of nitrogens with zero attached hydrogens (tertiary/aromatic N) is 1. The van der Waals surface area contributed by atoms with Gasteiger partial charge < -0.3 is 9.72 Å². The van der Waals surface area contributed by atoms with Crippen LogP contribution in [0.5, 0.6) is 5.75 Å². The molecule has 0 amide bonds. The van der Waals surface area contributed by atoms with Gasteiger partial charge in [-0.3, -0.25) is 4.57 Å². The molecular weight excluding hydrogens is 287 g/mol. The molecule has 3 nitrogen and oxygen atoms in total. The van der Waals surface area contributed by atoms with E-state index in [0.29, 0.717) is 22.8 Å². The van der Waals surface area contributed by atoms with Crippen molar-refractivity contribution in [3.8, 4) is 11.4 Å². The Labute approximate surface area is 127 Å². The average Bonchev–Trinajstić information content (AvgIpc) is 2.79. The number of ether oxygens (including phenoxy) is 1. The molecule has 0 atom stereocenters. The normalized spacial score (nSPS) is 11.0. The van der Waals surface area contributed by atoms with Crippen LogP contribution in [-0.2, 0) is 0 Å². The Morgan fingerprint density at radius 3 is 2.86 bits per heavy atom. The molecule has 0 radical (unpaired) electrons. The van der Waals surface area contributed by atoms with Crippen molar-refractivity contribution in [2.75, 3.05) is 6.61 Å². The van der Waals surface area contributed by atoms with Gasteiger partial charge in [-0.2, -0.15) is 0 Å². The van der Waals surface area contributed by atoms with Gasteiger partial charge in [0, 0.05) is 0 Å². The molecule has 1 N–H and O–H groups in total. The standard InChI is InChI=1S/C16H15FN2OS/c1-3-20-14-6-4-5-12-15(14)18-16(21)19(12)13-9-10(2)7-8-11(13)17/h4-9H,3H2,1-2H3,(H,18,21). The van der Waals surface area contributed by atoms with Crippen LogP contribution in [0.25, 0.3) is 16.7 Å². The van der Waals surface area contributed by atoms with Crippen LogP contribution < -0.4 is 4.74 Å². The van der Waals surface area contributed by atoms with E-state index in [1.165, 1.54) is 6.07 Å².